The SMILES string of the molecule is CN(C)c1ncc(-c2ccc([N+](=O)[O-])nc2)cc1C(F)(F)F. The van der Waals surface area contributed by atoms with Crippen molar-refractivity contribution >= 4 is 11.6 Å². The Hall–Kier alpha value is -2.71. The van der Waals surface area contributed by atoms with Gasteiger partial charge >= 0.3 is 12.0 Å². The van der Waals surface area contributed by atoms with Crippen molar-refractivity contribution in [1.29, 1.82) is 0 Å². The molecular formula is C13H11F3N4O2. The minimum absolute atomic E-state index is 0.181. The lowest BCUT2D eigenvalue weighted by Gasteiger charge is -2.18. The van der Waals surface area contributed by atoms with Crippen LogP contribution in [0.15, 0.2) is 30.6 Å². The summed E-state index contributed by atoms with van der Waals surface area (Å²) in [6, 6.07) is 3.41. The third-order valence-electron chi connectivity index (χ3n) is 2.86. The monoisotopic (exact) mass is 312 g/mol. The summed E-state index contributed by atoms with van der Waals surface area (Å²) in [5, 5.41) is 10.5. The zero-order valence-electron chi connectivity index (χ0n) is 11.6. The molecule has 0 aliphatic rings. The Balaban J connectivity index is 2.50. The Bertz CT molecular complexity index is 699. The van der Waals surface area contributed by atoms with E-state index in [1.54, 1.807) is 0 Å². The minimum atomic E-state index is -4.56. The van der Waals surface area contributed by atoms with Crippen molar-refractivity contribution in [3.63, 3.8) is 0 Å². The van der Waals surface area contributed by atoms with Crippen LogP contribution in [0.4, 0.5) is 24.8 Å². The maximum Gasteiger partial charge on any atom is 0.419 e. The first-order chi connectivity index (χ1) is 10.2. The standard InChI is InChI=1S/C13H11F3N4O2/c1-19(2)12-10(13(14,15)16)5-9(7-18-12)8-3-4-11(17-6-8)20(21)22/h3-7H,1-2H3. The van der Waals surface area contributed by atoms with Crippen LogP contribution in [0.5, 0.6) is 0 Å². The molecule has 0 bridgehead atoms. The number of nitro groups is 1. The number of hydrogen-bond acceptors (Lipinski definition) is 5. The highest BCUT2D eigenvalue weighted by molar-refractivity contribution is 5.66. The van der Waals surface area contributed by atoms with Gasteiger partial charge in [-0.3, -0.25) is 0 Å². The van der Waals surface area contributed by atoms with Gasteiger partial charge in [-0.25, -0.2) is 4.98 Å². The molecule has 6 nitrogen and oxygen atoms in total. The van der Waals surface area contributed by atoms with Crippen LogP contribution in [-0.4, -0.2) is 29.0 Å². The van der Waals surface area contributed by atoms with Gasteiger partial charge in [-0.1, -0.05) is 0 Å². The predicted octanol–water partition coefficient (Wildman–Crippen LogP) is 3.14. The molecule has 0 radical (unpaired) electrons. The maximum absolute atomic E-state index is 13.1. The number of alkyl halides is 3. The zero-order valence-corrected chi connectivity index (χ0v) is 11.6. The van der Waals surface area contributed by atoms with E-state index < -0.39 is 16.7 Å². The summed E-state index contributed by atoms with van der Waals surface area (Å²) < 4.78 is 39.3. The van der Waals surface area contributed by atoms with Gasteiger partial charge in [0.25, 0.3) is 0 Å². The van der Waals surface area contributed by atoms with E-state index in [0.29, 0.717) is 5.56 Å². The van der Waals surface area contributed by atoms with Crippen LogP contribution in [0.25, 0.3) is 11.1 Å². The Kier molecular flexibility index (Phi) is 3.98. The molecule has 0 fully saturated rings. The number of rotatable bonds is 3. The van der Waals surface area contributed by atoms with Crippen molar-refractivity contribution in [3.8, 4) is 11.1 Å². The third kappa shape index (κ3) is 3.13. The van der Waals surface area contributed by atoms with Crippen LogP contribution in [-0.2, 0) is 6.18 Å². The molecule has 22 heavy (non-hydrogen) atoms. The summed E-state index contributed by atoms with van der Waals surface area (Å²) in [6.45, 7) is 0. The summed E-state index contributed by atoms with van der Waals surface area (Å²) in [5.74, 6) is -0.580. The molecule has 2 heterocycles. The van der Waals surface area contributed by atoms with Gasteiger partial charge in [-0.2, -0.15) is 13.2 Å². The lowest BCUT2D eigenvalue weighted by atomic mass is 10.1. The molecule has 9 heteroatoms. The molecule has 0 spiro atoms. The molecule has 2 aromatic rings. The maximum atomic E-state index is 13.1. The molecule has 0 N–H and O–H groups in total. The van der Waals surface area contributed by atoms with Crippen molar-refractivity contribution in [2.45, 2.75) is 6.18 Å². The van der Waals surface area contributed by atoms with Gasteiger partial charge in [-0.15, -0.1) is 0 Å². The first kappa shape index (κ1) is 15.7. The van der Waals surface area contributed by atoms with Crippen molar-refractivity contribution in [3.05, 3.63) is 46.3 Å². The van der Waals surface area contributed by atoms with E-state index >= 15 is 0 Å². The van der Waals surface area contributed by atoms with Crippen LogP contribution >= 0.6 is 0 Å². The molecule has 0 aliphatic heterocycles. The van der Waals surface area contributed by atoms with Gasteiger partial charge in [-0.05, 0) is 22.0 Å². The lowest BCUT2D eigenvalue weighted by Crippen LogP contribution is -2.18. The van der Waals surface area contributed by atoms with Crippen LogP contribution < -0.4 is 4.90 Å². The second-order valence-electron chi connectivity index (χ2n) is 4.65. The van der Waals surface area contributed by atoms with E-state index in [1.165, 1.54) is 31.3 Å². The average molecular weight is 312 g/mol. The topological polar surface area (TPSA) is 72.2 Å². The molecule has 116 valence electrons. The summed E-state index contributed by atoms with van der Waals surface area (Å²) in [5.41, 5.74) is -0.386. The Morgan fingerprint density at radius 2 is 1.77 bits per heavy atom. The molecule has 0 aliphatic carbocycles. The average Bonchev–Trinajstić information content (AvgIpc) is 2.45. The summed E-state index contributed by atoms with van der Waals surface area (Å²) >= 11 is 0. The summed E-state index contributed by atoms with van der Waals surface area (Å²) in [4.78, 5) is 18.5. The van der Waals surface area contributed by atoms with Gasteiger partial charge < -0.3 is 15.0 Å². The Labute approximate surface area is 123 Å². The van der Waals surface area contributed by atoms with Crippen molar-refractivity contribution in [1.82, 2.24) is 9.97 Å². The van der Waals surface area contributed by atoms with Gasteiger partial charge in [0.1, 0.15) is 12.0 Å². The molecule has 0 saturated heterocycles. The van der Waals surface area contributed by atoms with E-state index in [1.807, 2.05) is 0 Å². The highest BCUT2D eigenvalue weighted by Gasteiger charge is 2.35. The first-order valence-corrected chi connectivity index (χ1v) is 6.05. The third-order valence-corrected chi connectivity index (χ3v) is 2.86. The second-order valence-corrected chi connectivity index (χ2v) is 4.65. The molecule has 0 unspecified atom stereocenters. The highest BCUT2D eigenvalue weighted by Crippen LogP contribution is 2.37. The number of pyridine rings is 2. The first-order valence-electron chi connectivity index (χ1n) is 6.05. The quantitative estimate of drug-likeness (QED) is 0.643. The fourth-order valence-electron chi connectivity index (χ4n) is 1.85. The number of hydrogen-bond donors (Lipinski definition) is 0. The van der Waals surface area contributed by atoms with Gasteiger partial charge in [0.15, 0.2) is 0 Å². The van der Waals surface area contributed by atoms with Crippen molar-refractivity contribution in [2.75, 3.05) is 19.0 Å². The Morgan fingerprint density at radius 3 is 2.23 bits per heavy atom. The fourth-order valence-corrected chi connectivity index (χ4v) is 1.85. The molecule has 0 saturated carbocycles. The van der Waals surface area contributed by atoms with Crippen LogP contribution in [0.1, 0.15) is 5.56 Å². The largest absolute Gasteiger partial charge is 0.419 e. The van der Waals surface area contributed by atoms with Crippen molar-refractivity contribution < 1.29 is 18.1 Å². The van der Waals surface area contributed by atoms with E-state index in [0.717, 1.165) is 18.3 Å². The summed E-state index contributed by atoms with van der Waals surface area (Å²) in [6.07, 6.45) is -2.14. The number of aromatic nitrogens is 2. The highest BCUT2D eigenvalue weighted by atomic mass is 19.4. The Morgan fingerprint density at radius 1 is 1.14 bits per heavy atom. The van der Waals surface area contributed by atoms with Crippen LogP contribution in [0.2, 0.25) is 0 Å². The van der Waals surface area contributed by atoms with Crippen molar-refractivity contribution in [2.24, 2.45) is 0 Å². The predicted molar refractivity (Wildman–Crippen MR) is 73.5 cm³/mol. The van der Waals surface area contributed by atoms with Gasteiger partial charge in [0.2, 0.25) is 0 Å². The minimum Gasteiger partial charge on any atom is -0.362 e. The second kappa shape index (κ2) is 5.58. The molecule has 0 amide bonds. The van der Waals surface area contributed by atoms with E-state index in [9.17, 15) is 23.3 Å². The molecular weight excluding hydrogens is 301 g/mol. The van der Waals surface area contributed by atoms with E-state index in [2.05, 4.69) is 9.97 Å². The molecule has 2 rings (SSSR count). The zero-order chi connectivity index (χ0) is 16.5. The van der Waals surface area contributed by atoms with E-state index in [-0.39, 0.29) is 17.2 Å². The van der Waals surface area contributed by atoms with E-state index in [4.69, 9.17) is 0 Å². The van der Waals surface area contributed by atoms with Gasteiger partial charge in [0.05, 0.1) is 5.56 Å². The molecule has 0 aromatic carbocycles. The molecule has 0 atom stereocenters. The fraction of sp³-hybridized carbons (Fsp3) is 0.231. The van der Waals surface area contributed by atoms with Crippen LogP contribution in [0.3, 0.4) is 0 Å². The van der Waals surface area contributed by atoms with Crippen LogP contribution in [0, 0.1) is 10.1 Å². The number of anilines is 1. The number of halogens is 3. The normalized spacial score (nSPS) is 11.3. The lowest BCUT2D eigenvalue weighted by molar-refractivity contribution is -0.389. The summed E-state index contributed by atoms with van der Waals surface area (Å²) in [7, 11) is 2.93. The molecule has 2 aromatic heterocycles. The smallest absolute Gasteiger partial charge is 0.362 e. The van der Waals surface area contributed by atoms with Gasteiger partial charge in [0, 0.05) is 37.5 Å². The number of nitrogens with zero attached hydrogens (tertiary/aromatic N) is 4.